The highest BCUT2D eigenvalue weighted by molar-refractivity contribution is 5.39. The van der Waals surface area contributed by atoms with Crippen LogP contribution in [0.4, 0.5) is 0 Å². The summed E-state index contributed by atoms with van der Waals surface area (Å²) < 4.78 is 0. The van der Waals surface area contributed by atoms with Gasteiger partial charge in [0.05, 0.1) is 0 Å². The van der Waals surface area contributed by atoms with Gasteiger partial charge in [-0.1, -0.05) is 6.07 Å². The minimum Gasteiger partial charge on any atom is -0.508 e. The van der Waals surface area contributed by atoms with Gasteiger partial charge >= 0.3 is 0 Å². The maximum absolute atomic E-state index is 8.67. The third kappa shape index (κ3) is 4.52. The normalized spacial score (nSPS) is 8.80. The standard InChI is InChI=1S/C6H6O3.C5H5N/c7-4-1-5(8)3-6(9)2-4;1-2-4-6-5-3-1/h1-3,7-9H;1-5H. The molecule has 0 unspecified atom stereocenters. The van der Waals surface area contributed by atoms with Crippen molar-refractivity contribution in [3.8, 4) is 17.2 Å². The van der Waals surface area contributed by atoms with Gasteiger partial charge in [-0.2, -0.15) is 0 Å². The predicted octanol–water partition coefficient (Wildman–Crippen LogP) is 1.88. The molecule has 4 nitrogen and oxygen atoms in total. The zero-order chi connectivity index (χ0) is 11.1. The van der Waals surface area contributed by atoms with Crippen molar-refractivity contribution in [2.45, 2.75) is 0 Å². The van der Waals surface area contributed by atoms with Gasteiger partial charge in [-0.05, 0) is 12.1 Å². The molecule has 0 aliphatic rings. The number of hydrogen-bond donors (Lipinski definition) is 3. The Morgan fingerprint density at radius 1 is 0.667 bits per heavy atom. The molecule has 3 N–H and O–H groups in total. The summed E-state index contributed by atoms with van der Waals surface area (Å²) >= 11 is 0. The van der Waals surface area contributed by atoms with Crippen LogP contribution in [-0.4, -0.2) is 20.3 Å². The Kier molecular flexibility index (Phi) is 3.97. The summed E-state index contributed by atoms with van der Waals surface area (Å²) in [6.07, 6.45) is 3.50. The molecule has 0 saturated carbocycles. The molecule has 78 valence electrons. The van der Waals surface area contributed by atoms with E-state index in [9.17, 15) is 0 Å². The molecule has 4 heteroatoms. The maximum atomic E-state index is 8.67. The third-order valence-electron chi connectivity index (χ3n) is 1.45. The van der Waals surface area contributed by atoms with Crippen LogP contribution in [0.5, 0.6) is 17.2 Å². The van der Waals surface area contributed by atoms with E-state index in [1.165, 1.54) is 0 Å². The lowest BCUT2D eigenvalue weighted by Crippen LogP contribution is -1.66. The van der Waals surface area contributed by atoms with Crippen LogP contribution in [0.1, 0.15) is 0 Å². The van der Waals surface area contributed by atoms with Crippen molar-refractivity contribution in [2.24, 2.45) is 0 Å². The SMILES string of the molecule is Oc1cc(O)cc(O)c1.c1ccncc1. The molecule has 1 heterocycles. The monoisotopic (exact) mass is 205 g/mol. The van der Waals surface area contributed by atoms with E-state index in [4.69, 9.17) is 15.3 Å². The van der Waals surface area contributed by atoms with Crippen molar-refractivity contribution >= 4 is 0 Å². The molecule has 15 heavy (non-hydrogen) atoms. The van der Waals surface area contributed by atoms with Crippen LogP contribution in [0.15, 0.2) is 48.8 Å². The molecular weight excluding hydrogens is 194 g/mol. The Labute approximate surface area is 87.1 Å². The highest BCUT2D eigenvalue weighted by Crippen LogP contribution is 2.23. The first-order valence-corrected chi connectivity index (χ1v) is 4.25. The summed E-state index contributed by atoms with van der Waals surface area (Å²) in [5.74, 6) is -0.437. The number of phenols is 3. The summed E-state index contributed by atoms with van der Waals surface area (Å²) in [7, 11) is 0. The molecule has 0 radical (unpaired) electrons. The number of pyridine rings is 1. The second kappa shape index (κ2) is 5.49. The number of aromatic nitrogens is 1. The van der Waals surface area contributed by atoms with Crippen LogP contribution in [0.2, 0.25) is 0 Å². The topological polar surface area (TPSA) is 73.6 Å². The molecule has 2 rings (SSSR count). The van der Waals surface area contributed by atoms with Gasteiger partial charge in [-0.25, -0.2) is 0 Å². The van der Waals surface area contributed by atoms with Crippen molar-refractivity contribution < 1.29 is 15.3 Å². The average molecular weight is 205 g/mol. The molecule has 0 saturated heterocycles. The van der Waals surface area contributed by atoms with Crippen molar-refractivity contribution in [3.63, 3.8) is 0 Å². The van der Waals surface area contributed by atoms with Crippen LogP contribution in [0.25, 0.3) is 0 Å². The Morgan fingerprint density at radius 2 is 1.07 bits per heavy atom. The fraction of sp³-hybridized carbons (Fsp3) is 0. The summed E-state index contributed by atoms with van der Waals surface area (Å²) in [4.78, 5) is 3.78. The Morgan fingerprint density at radius 3 is 1.27 bits per heavy atom. The minimum atomic E-state index is -0.146. The van der Waals surface area contributed by atoms with Crippen LogP contribution in [-0.2, 0) is 0 Å². The molecule has 2 aromatic rings. The fourth-order valence-corrected chi connectivity index (χ4v) is 0.892. The zero-order valence-electron chi connectivity index (χ0n) is 7.91. The van der Waals surface area contributed by atoms with E-state index in [0.29, 0.717) is 0 Å². The van der Waals surface area contributed by atoms with Gasteiger partial charge in [0.15, 0.2) is 0 Å². The molecule has 0 aliphatic carbocycles. The molecule has 0 bridgehead atoms. The van der Waals surface area contributed by atoms with E-state index >= 15 is 0 Å². The number of phenolic OH excluding ortho intramolecular Hbond substituents is 3. The molecular formula is C11H11NO3. The molecule has 0 aliphatic heterocycles. The van der Waals surface area contributed by atoms with Gasteiger partial charge in [0.1, 0.15) is 17.2 Å². The van der Waals surface area contributed by atoms with Crippen LogP contribution in [0, 0.1) is 0 Å². The van der Waals surface area contributed by atoms with Crippen LogP contribution < -0.4 is 0 Å². The molecule has 0 fully saturated rings. The summed E-state index contributed by atoms with van der Waals surface area (Å²) in [5, 5.41) is 26.0. The lowest BCUT2D eigenvalue weighted by atomic mass is 10.3. The highest BCUT2D eigenvalue weighted by atomic mass is 16.3. The Hall–Kier alpha value is -2.23. The minimum absolute atomic E-state index is 0.146. The van der Waals surface area contributed by atoms with Crippen LogP contribution >= 0.6 is 0 Å². The smallest absolute Gasteiger partial charge is 0.122 e. The van der Waals surface area contributed by atoms with E-state index in [-0.39, 0.29) is 17.2 Å². The van der Waals surface area contributed by atoms with E-state index in [1.54, 1.807) is 12.4 Å². The van der Waals surface area contributed by atoms with E-state index in [2.05, 4.69) is 4.98 Å². The number of rotatable bonds is 0. The first kappa shape index (κ1) is 10.8. The van der Waals surface area contributed by atoms with E-state index in [1.807, 2.05) is 18.2 Å². The summed E-state index contributed by atoms with van der Waals surface area (Å²) in [5.41, 5.74) is 0. The zero-order valence-corrected chi connectivity index (χ0v) is 7.91. The van der Waals surface area contributed by atoms with Gasteiger partial charge in [0.25, 0.3) is 0 Å². The quantitative estimate of drug-likeness (QED) is 0.614. The summed E-state index contributed by atoms with van der Waals surface area (Å²) in [6, 6.07) is 9.13. The average Bonchev–Trinajstić information content (AvgIpc) is 2.19. The van der Waals surface area contributed by atoms with Crippen molar-refractivity contribution in [2.75, 3.05) is 0 Å². The Bertz CT molecular complexity index is 327. The number of benzene rings is 1. The van der Waals surface area contributed by atoms with Gasteiger partial charge in [-0.15, -0.1) is 0 Å². The largest absolute Gasteiger partial charge is 0.508 e. The second-order valence-corrected chi connectivity index (χ2v) is 2.73. The van der Waals surface area contributed by atoms with Gasteiger partial charge in [0.2, 0.25) is 0 Å². The Balaban J connectivity index is 0.000000162. The van der Waals surface area contributed by atoms with Crippen molar-refractivity contribution in [1.29, 1.82) is 0 Å². The van der Waals surface area contributed by atoms with Crippen molar-refractivity contribution in [1.82, 2.24) is 4.98 Å². The lowest BCUT2D eigenvalue weighted by molar-refractivity contribution is 0.428. The van der Waals surface area contributed by atoms with Gasteiger partial charge in [-0.3, -0.25) is 4.98 Å². The molecule has 0 amide bonds. The second-order valence-electron chi connectivity index (χ2n) is 2.73. The first-order chi connectivity index (χ1) is 7.18. The summed E-state index contributed by atoms with van der Waals surface area (Å²) in [6.45, 7) is 0. The van der Waals surface area contributed by atoms with E-state index in [0.717, 1.165) is 18.2 Å². The third-order valence-corrected chi connectivity index (χ3v) is 1.45. The van der Waals surface area contributed by atoms with E-state index < -0.39 is 0 Å². The number of hydrogen-bond acceptors (Lipinski definition) is 4. The first-order valence-electron chi connectivity index (χ1n) is 4.25. The van der Waals surface area contributed by atoms with Crippen molar-refractivity contribution in [3.05, 3.63) is 48.8 Å². The molecule has 1 aromatic carbocycles. The highest BCUT2D eigenvalue weighted by Gasteiger charge is 1.94. The van der Waals surface area contributed by atoms with Gasteiger partial charge < -0.3 is 15.3 Å². The number of aromatic hydroxyl groups is 3. The maximum Gasteiger partial charge on any atom is 0.122 e. The van der Waals surface area contributed by atoms with Crippen LogP contribution in [0.3, 0.4) is 0 Å². The number of nitrogens with zero attached hydrogens (tertiary/aromatic N) is 1. The fourth-order valence-electron chi connectivity index (χ4n) is 0.892. The molecule has 0 atom stereocenters. The predicted molar refractivity (Wildman–Crippen MR) is 55.7 cm³/mol. The van der Waals surface area contributed by atoms with Gasteiger partial charge in [0, 0.05) is 30.6 Å². The molecule has 0 spiro atoms. The molecule has 1 aromatic heterocycles. The lowest BCUT2D eigenvalue weighted by Gasteiger charge is -1.94.